The lowest BCUT2D eigenvalue weighted by molar-refractivity contribution is -0.0823. The molecule has 0 saturated heterocycles. The highest BCUT2D eigenvalue weighted by molar-refractivity contribution is 7.51. The molecular formula is C17H17ClN3O5P. The minimum Gasteiger partial charge on any atom is -0.324 e. The van der Waals surface area contributed by atoms with Gasteiger partial charge in [-0.15, -0.1) is 0 Å². The van der Waals surface area contributed by atoms with E-state index >= 15 is 0 Å². The minimum absolute atomic E-state index is 0.0479. The van der Waals surface area contributed by atoms with Crippen LogP contribution >= 0.6 is 19.2 Å². The maximum Gasteiger partial charge on any atom is 0.341 e. The Morgan fingerprint density at radius 1 is 1.11 bits per heavy atom. The number of aromatic nitrogens is 2. The van der Waals surface area contributed by atoms with Crippen molar-refractivity contribution in [1.29, 1.82) is 0 Å². The quantitative estimate of drug-likeness (QED) is 0.327. The maximum absolute atomic E-state index is 11.8. The lowest BCUT2D eigenvalue weighted by Gasteiger charge is -2.23. The molecule has 142 valence electrons. The standard InChI is InChI=1S/C17H17ClN3O5P/c1-27(24,25)26-21(9-11-5-3-2-4-6-11)10-12-7-13(18)8-14-15(12)20-17(23)16(22)19-14/h2-8H,9-10H2,1H3,(H,19,22)(H,20,23)(H,24,25). The first-order valence-corrected chi connectivity index (χ1v) is 10.3. The summed E-state index contributed by atoms with van der Waals surface area (Å²) < 4.78 is 17.0. The maximum atomic E-state index is 11.8. The van der Waals surface area contributed by atoms with Crippen LogP contribution in [-0.2, 0) is 22.3 Å². The van der Waals surface area contributed by atoms with Gasteiger partial charge in [0.2, 0.25) is 0 Å². The zero-order valence-corrected chi connectivity index (χ0v) is 16.0. The molecule has 0 amide bonds. The molecule has 0 aliphatic heterocycles. The molecule has 1 unspecified atom stereocenters. The number of nitrogens with zero attached hydrogens (tertiary/aromatic N) is 1. The summed E-state index contributed by atoms with van der Waals surface area (Å²) in [5.74, 6) is 0. The molecule has 0 fully saturated rings. The van der Waals surface area contributed by atoms with Crippen LogP contribution in [0.4, 0.5) is 0 Å². The number of hydrogen-bond donors (Lipinski definition) is 3. The van der Waals surface area contributed by atoms with Crippen LogP contribution in [0, 0.1) is 0 Å². The Labute approximate surface area is 158 Å². The molecule has 1 aromatic heterocycles. The molecule has 10 heteroatoms. The third kappa shape index (κ3) is 5.15. The SMILES string of the molecule is CP(=O)(O)ON(Cc1ccccc1)Cc1cc(Cl)cc2[nH]c(=O)c(=O)[nH]c12. The predicted octanol–water partition coefficient (Wildman–Crippen LogP) is 2.62. The summed E-state index contributed by atoms with van der Waals surface area (Å²) in [6.07, 6.45) is 0. The van der Waals surface area contributed by atoms with E-state index in [1.807, 2.05) is 30.3 Å². The Hall–Kier alpha value is -2.22. The molecule has 2 aromatic carbocycles. The van der Waals surface area contributed by atoms with E-state index in [0.717, 1.165) is 12.2 Å². The van der Waals surface area contributed by atoms with Crippen molar-refractivity contribution in [1.82, 2.24) is 15.0 Å². The number of benzene rings is 2. The summed E-state index contributed by atoms with van der Waals surface area (Å²) in [5, 5.41) is 1.65. The number of halogens is 1. The lowest BCUT2D eigenvalue weighted by atomic mass is 10.1. The Morgan fingerprint density at radius 3 is 2.44 bits per heavy atom. The van der Waals surface area contributed by atoms with Crippen molar-refractivity contribution in [3.8, 4) is 0 Å². The Kier molecular flexibility index (Phi) is 5.64. The molecule has 3 aromatic rings. The van der Waals surface area contributed by atoms with Crippen molar-refractivity contribution in [3.05, 3.63) is 79.3 Å². The van der Waals surface area contributed by atoms with Crippen LogP contribution in [0.2, 0.25) is 5.02 Å². The fraction of sp³-hybridized carbons (Fsp3) is 0.176. The highest BCUT2D eigenvalue weighted by Gasteiger charge is 2.20. The molecule has 0 radical (unpaired) electrons. The van der Waals surface area contributed by atoms with E-state index < -0.39 is 18.7 Å². The summed E-state index contributed by atoms with van der Waals surface area (Å²) in [7, 11) is -3.82. The first-order chi connectivity index (χ1) is 12.7. The van der Waals surface area contributed by atoms with E-state index in [2.05, 4.69) is 9.97 Å². The lowest BCUT2D eigenvalue weighted by Crippen LogP contribution is -2.30. The van der Waals surface area contributed by atoms with Gasteiger partial charge >= 0.3 is 18.7 Å². The van der Waals surface area contributed by atoms with E-state index in [-0.39, 0.29) is 13.1 Å². The van der Waals surface area contributed by atoms with Crippen molar-refractivity contribution in [2.24, 2.45) is 0 Å². The molecule has 0 saturated carbocycles. The molecule has 3 rings (SSSR count). The molecule has 3 N–H and O–H groups in total. The van der Waals surface area contributed by atoms with Gasteiger partial charge in [-0.2, -0.15) is 5.06 Å². The summed E-state index contributed by atoms with van der Waals surface area (Å²) in [6, 6.07) is 12.4. The Balaban J connectivity index is 2.02. The average molecular weight is 410 g/mol. The van der Waals surface area contributed by atoms with Gasteiger partial charge in [0, 0.05) is 18.2 Å². The van der Waals surface area contributed by atoms with Gasteiger partial charge in [0.05, 0.1) is 17.6 Å². The molecule has 0 aliphatic carbocycles. The van der Waals surface area contributed by atoms with E-state index in [4.69, 9.17) is 16.2 Å². The monoisotopic (exact) mass is 409 g/mol. The van der Waals surface area contributed by atoms with E-state index in [1.54, 1.807) is 6.07 Å². The molecule has 27 heavy (non-hydrogen) atoms. The molecule has 8 nitrogen and oxygen atoms in total. The van der Waals surface area contributed by atoms with E-state index in [9.17, 15) is 19.0 Å². The first kappa shape index (κ1) is 19.5. The van der Waals surface area contributed by atoms with Crippen LogP contribution in [0.3, 0.4) is 0 Å². The van der Waals surface area contributed by atoms with Gasteiger partial charge in [-0.25, -0.2) is 4.62 Å². The molecule has 1 heterocycles. The molecular weight excluding hydrogens is 393 g/mol. The van der Waals surface area contributed by atoms with Gasteiger partial charge < -0.3 is 14.9 Å². The average Bonchev–Trinajstić information content (AvgIpc) is 2.56. The van der Waals surface area contributed by atoms with Crippen molar-refractivity contribution >= 4 is 30.2 Å². The van der Waals surface area contributed by atoms with Gasteiger partial charge in [-0.1, -0.05) is 41.9 Å². The van der Waals surface area contributed by atoms with Gasteiger partial charge in [0.1, 0.15) is 0 Å². The summed E-state index contributed by atoms with van der Waals surface area (Å²) in [6.45, 7) is 1.35. The summed E-state index contributed by atoms with van der Waals surface area (Å²) in [4.78, 5) is 37.9. The van der Waals surface area contributed by atoms with Crippen LogP contribution in [0.15, 0.2) is 52.1 Å². The van der Waals surface area contributed by atoms with Gasteiger partial charge in [-0.05, 0) is 23.3 Å². The first-order valence-electron chi connectivity index (χ1n) is 7.95. The van der Waals surface area contributed by atoms with Crippen LogP contribution in [0.25, 0.3) is 11.0 Å². The van der Waals surface area contributed by atoms with Gasteiger partial charge in [0.25, 0.3) is 0 Å². The topological polar surface area (TPSA) is 115 Å². The summed E-state index contributed by atoms with van der Waals surface area (Å²) in [5.41, 5.74) is 0.515. The van der Waals surface area contributed by atoms with Crippen LogP contribution in [0.5, 0.6) is 0 Å². The van der Waals surface area contributed by atoms with Crippen molar-refractivity contribution in [3.63, 3.8) is 0 Å². The smallest absolute Gasteiger partial charge is 0.324 e. The summed E-state index contributed by atoms with van der Waals surface area (Å²) >= 11 is 6.12. The number of nitrogens with one attached hydrogen (secondary N) is 2. The zero-order valence-electron chi connectivity index (χ0n) is 14.3. The Morgan fingerprint density at radius 2 is 1.78 bits per heavy atom. The number of rotatable bonds is 6. The highest BCUT2D eigenvalue weighted by Crippen LogP contribution is 2.39. The third-order valence-corrected chi connectivity index (χ3v) is 4.45. The number of hydrogen-bond acceptors (Lipinski definition) is 5. The molecule has 0 bridgehead atoms. The fourth-order valence-electron chi connectivity index (χ4n) is 2.69. The van der Waals surface area contributed by atoms with Crippen LogP contribution in [0.1, 0.15) is 11.1 Å². The van der Waals surface area contributed by atoms with E-state index in [1.165, 1.54) is 11.1 Å². The number of fused-ring (bicyclic) bond motifs is 1. The van der Waals surface area contributed by atoms with E-state index in [0.29, 0.717) is 21.6 Å². The number of aromatic amines is 2. The largest absolute Gasteiger partial charge is 0.341 e. The van der Waals surface area contributed by atoms with Crippen LogP contribution in [-0.4, -0.2) is 26.6 Å². The van der Waals surface area contributed by atoms with Crippen LogP contribution < -0.4 is 11.1 Å². The predicted molar refractivity (Wildman–Crippen MR) is 103 cm³/mol. The van der Waals surface area contributed by atoms with Crippen molar-refractivity contribution < 1.29 is 14.1 Å². The molecule has 0 aliphatic rings. The van der Waals surface area contributed by atoms with Gasteiger partial charge in [0.15, 0.2) is 0 Å². The second kappa shape index (κ2) is 7.80. The molecule has 0 spiro atoms. The zero-order chi connectivity index (χ0) is 19.6. The molecule has 1 atom stereocenters. The third-order valence-electron chi connectivity index (χ3n) is 3.69. The number of H-pyrrole nitrogens is 2. The fourth-order valence-corrected chi connectivity index (χ4v) is 3.47. The normalized spacial score (nSPS) is 13.8. The second-order valence-electron chi connectivity index (χ2n) is 6.06. The highest BCUT2D eigenvalue weighted by atomic mass is 35.5. The minimum atomic E-state index is -3.82. The van der Waals surface area contributed by atoms with Gasteiger partial charge in [-0.3, -0.25) is 14.2 Å². The number of hydroxylamine groups is 2. The second-order valence-corrected chi connectivity index (χ2v) is 8.27. The Bertz CT molecular complexity index is 1120. The van der Waals surface area contributed by atoms with Crippen molar-refractivity contribution in [2.75, 3.05) is 6.66 Å². The van der Waals surface area contributed by atoms with Crippen molar-refractivity contribution in [2.45, 2.75) is 13.1 Å².